The molecule has 1 N–H and O–H groups in total. The van der Waals surface area contributed by atoms with Gasteiger partial charge in [0.1, 0.15) is 0 Å². The van der Waals surface area contributed by atoms with Crippen LogP contribution >= 0.6 is 11.6 Å². The summed E-state index contributed by atoms with van der Waals surface area (Å²) < 4.78 is 7.94. The summed E-state index contributed by atoms with van der Waals surface area (Å²) in [7, 11) is 1.95. The Bertz CT molecular complexity index is 796. The molecule has 1 aromatic heterocycles. The van der Waals surface area contributed by atoms with Crippen molar-refractivity contribution in [3.05, 3.63) is 28.9 Å². The fourth-order valence-electron chi connectivity index (χ4n) is 3.87. The highest BCUT2D eigenvalue weighted by molar-refractivity contribution is 6.35. The number of likely N-dealkylation sites (tertiary alicyclic amines) is 1. The van der Waals surface area contributed by atoms with E-state index in [0.29, 0.717) is 19.6 Å². The summed E-state index contributed by atoms with van der Waals surface area (Å²) in [5.74, 6) is 0.0916. The first-order valence-corrected chi connectivity index (χ1v) is 9.17. The van der Waals surface area contributed by atoms with Crippen molar-refractivity contribution in [2.45, 2.75) is 31.4 Å². The lowest BCUT2D eigenvalue weighted by atomic mass is 9.91. The molecule has 0 saturated carbocycles. The van der Waals surface area contributed by atoms with Gasteiger partial charge in [-0.1, -0.05) is 17.7 Å². The maximum atomic E-state index is 11.5. The van der Waals surface area contributed by atoms with Gasteiger partial charge in [-0.3, -0.25) is 14.4 Å². The van der Waals surface area contributed by atoms with E-state index < -0.39 is 0 Å². The van der Waals surface area contributed by atoms with Gasteiger partial charge >= 0.3 is 0 Å². The van der Waals surface area contributed by atoms with Crippen molar-refractivity contribution in [1.82, 2.24) is 20.0 Å². The number of carbonyl (C=O) groups is 1. The van der Waals surface area contributed by atoms with Crippen LogP contribution in [0, 0.1) is 0 Å². The third kappa shape index (κ3) is 3.26. The van der Waals surface area contributed by atoms with E-state index in [4.69, 9.17) is 16.3 Å². The van der Waals surface area contributed by atoms with Crippen LogP contribution in [-0.2, 0) is 23.1 Å². The molecule has 0 atom stereocenters. The maximum Gasteiger partial charge on any atom is 0.222 e. The number of rotatable bonds is 2. The van der Waals surface area contributed by atoms with Crippen molar-refractivity contribution in [1.29, 1.82) is 0 Å². The summed E-state index contributed by atoms with van der Waals surface area (Å²) in [5, 5.41) is 9.46. The summed E-state index contributed by atoms with van der Waals surface area (Å²) in [4.78, 5) is 13.9. The van der Waals surface area contributed by atoms with E-state index >= 15 is 0 Å². The van der Waals surface area contributed by atoms with Crippen molar-refractivity contribution >= 4 is 28.4 Å². The molecule has 1 amide bonds. The van der Waals surface area contributed by atoms with Crippen LogP contribution in [0.15, 0.2) is 18.2 Å². The Morgan fingerprint density at radius 1 is 1.36 bits per heavy atom. The topological polar surface area (TPSA) is 59.4 Å². The molecule has 2 fully saturated rings. The molecule has 7 heteroatoms. The molecule has 0 unspecified atom stereocenters. The predicted molar refractivity (Wildman–Crippen MR) is 96.5 cm³/mol. The number of amides is 1. The smallest absolute Gasteiger partial charge is 0.222 e. The number of hydrogen-bond acceptors (Lipinski definition) is 4. The minimum atomic E-state index is -0.202. The van der Waals surface area contributed by atoms with E-state index in [0.717, 1.165) is 54.1 Å². The van der Waals surface area contributed by atoms with Gasteiger partial charge in [0.2, 0.25) is 5.91 Å². The average Bonchev–Trinajstić information content (AvgIpc) is 2.81. The third-order valence-electron chi connectivity index (χ3n) is 5.39. The molecule has 3 heterocycles. The van der Waals surface area contributed by atoms with E-state index in [-0.39, 0.29) is 11.5 Å². The normalized spacial score (nSPS) is 21.4. The van der Waals surface area contributed by atoms with Crippen molar-refractivity contribution in [3.63, 3.8) is 0 Å². The molecule has 0 radical (unpaired) electrons. The molecule has 0 bridgehead atoms. The highest BCUT2D eigenvalue weighted by Crippen LogP contribution is 2.31. The summed E-state index contributed by atoms with van der Waals surface area (Å²) in [6.45, 7) is 3.78. The van der Waals surface area contributed by atoms with Crippen LogP contribution in [0.1, 0.15) is 25.0 Å². The first-order valence-electron chi connectivity index (χ1n) is 8.79. The van der Waals surface area contributed by atoms with Crippen LogP contribution < -0.4 is 5.32 Å². The molecule has 4 rings (SSSR count). The highest BCUT2D eigenvalue weighted by Gasteiger charge is 2.37. The second-order valence-electron chi connectivity index (χ2n) is 7.04. The monoisotopic (exact) mass is 362 g/mol. The van der Waals surface area contributed by atoms with Gasteiger partial charge in [0.25, 0.3) is 0 Å². The van der Waals surface area contributed by atoms with Gasteiger partial charge in [-0.05, 0) is 25.0 Å². The number of benzene rings is 1. The van der Waals surface area contributed by atoms with E-state index in [1.54, 1.807) is 0 Å². The summed E-state index contributed by atoms with van der Waals surface area (Å²) in [6, 6.07) is 5.92. The Kier molecular flexibility index (Phi) is 4.43. The molecule has 0 aliphatic carbocycles. The van der Waals surface area contributed by atoms with Gasteiger partial charge in [-0.15, -0.1) is 0 Å². The number of carbonyl (C=O) groups excluding carboxylic acids is 1. The average molecular weight is 363 g/mol. The van der Waals surface area contributed by atoms with Crippen LogP contribution in [0.5, 0.6) is 0 Å². The van der Waals surface area contributed by atoms with Gasteiger partial charge in [-0.2, -0.15) is 5.10 Å². The molecule has 1 spiro atoms. The van der Waals surface area contributed by atoms with Crippen LogP contribution in [0.2, 0.25) is 5.02 Å². The molecule has 1 aromatic carbocycles. The Morgan fingerprint density at radius 3 is 2.96 bits per heavy atom. The SMILES string of the molecule is Cn1nc(CN2CCC3(CC2)CNC(=O)CCO3)c2c(Cl)cccc21. The molecule has 25 heavy (non-hydrogen) atoms. The molecule has 6 nitrogen and oxygen atoms in total. The number of ether oxygens (including phenoxy) is 1. The number of halogens is 1. The summed E-state index contributed by atoms with van der Waals surface area (Å²) >= 11 is 6.41. The molecule has 134 valence electrons. The third-order valence-corrected chi connectivity index (χ3v) is 5.70. The Labute approximate surface area is 152 Å². The first kappa shape index (κ1) is 16.8. The Hall–Kier alpha value is -1.63. The minimum absolute atomic E-state index is 0.0916. The maximum absolute atomic E-state index is 11.5. The van der Waals surface area contributed by atoms with Crippen LogP contribution in [0.4, 0.5) is 0 Å². The molecular weight excluding hydrogens is 340 g/mol. The standard InChI is InChI=1S/C18H23ClN4O2/c1-22-15-4-2-3-13(19)17(15)14(21-22)11-23-8-6-18(7-9-23)12-20-16(24)5-10-25-18/h2-4H,5-12H2,1H3,(H,20,24). The zero-order chi connectivity index (χ0) is 17.4. The van der Waals surface area contributed by atoms with Gasteiger partial charge < -0.3 is 10.1 Å². The minimum Gasteiger partial charge on any atom is -0.373 e. The number of nitrogens with one attached hydrogen (secondary N) is 1. The second-order valence-corrected chi connectivity index (χ2v) is 7.45. The number of piperidine rings is 1. The van der Waals surface area contributed by atoms with Gasteiger partial charge in [0.15, 0.2) is 0 Å². The van der Waals surface area contributed by atoms with E-state index in [1.165, 1.54) is 0 Å². The zero-order valence-electron chi connectivity index (χ0n) is 14.4. The van der Waals surface area contributed by atoms with Crippen LogP contribution in [0.3, 0.4) is 0 Å². The Balaban J connectivity index is 1.47. The molecule has 2 aromatic rings. The quantitative estimate of drug-likeness (QED) is 0.888. The van der Waals surface area contributed by atoms with E-state index in [9.17, 15) is 4.79 Å². The van der Waals surface area contributed by atoms with Gasteiger partial charge in [0, 0.05) is 45.0 Å². The Morgan fingerprint density at radius 2 is 2.16 bits per heavy atom. The predicted octanol–water partition coefficient (Wildman–Crippen LogP) is 2.10. The van der Waals surface area contributed by atoms with Crippen molar-refractivity contribution in [2.24, 2.45) is 7.05 Å². The lowest BCUT2D eigenvalue weighted by molar-refractivity contribution is -0.120. The number of hydrogen-bond donors (Lipinski definition) is 1. The summed E-state index contributed by atoms with van der Waals surface area (Å²) in [5.41, 5.74) is 1.88. The zero-order valence-corrected chi connectivity index (χ0v) is 15.2. The summed E-state index contributed by atoms with van der Waals surface area (Å²) in [6.07, 6.45) is 2.31. The fraction of sp³-hybridized carbons (Fsp3) is 0.556. The number of nitrogens with zero attached hydrogens (tertiary/aromatic N) is 3. The number of aromatic nitrogens is 2. The van der Waals surface area contributed by atoms with Crippen LogP contribution in [0.25, 0.3) is 10.9 Å². The van der Waals surface area contributed by atoms with Crippen LogP contribution in [-0.4, -0.2) is 52.4 Å². The lowest BCUT2D eigenvalue weighted by Gasteiger charge is -2.40. The lowest BCUT2D eigenvalue weighted by Crippen LogP contribution is -2.50. The largest absolute Gasteiger partial charge is 0.373 e. The number of aryl methyl sites for hydroxylation is 1. The van der Waals surface area contributed by atoms with E-state index in [1.807, 2.05) is 29.9 Å². The molecule has 2 saturated heterocycles. The highest BCUT2D eigenvalue weighted by atomic mass is 35.5. The number of fused-ring (bicyclic) bond motifs is 1. The fourth-order valence-corrected chi connectivity index (χ4v) is 4.15. The molecule has 2 aliphatic heterocycles. The van der Waals surface area contributed by atoms with Crippen molar-refractivity contribution < 1.29 is 9.53 Å². The molecular formula is C18H23ClN4O2. The van der Waals surface area contributed by atoms with Crippen molar-refractivity contribution in [3.8, 4) is 0 Å². The van der Waals surface area contributed by atoms with Gasteiger partial charge in [-0.25, -0.2) is 0 Å². The molecule has 2 aliphatic rings. The van der Waals surface area contributed by atoms with Gasteiger partial charge in [0.05, 0.1) is 28.4 Å². The first-order chi connectivity index (χ1) is 12.1. The second kappa shape index (κ2) is 6.59. The van der Waals surface area contributed by atoms with E-state index in [2.05, 4.69) is 15.3 Å². The van der Waals surface area contributed by atoms with Crippen molar-refractivity contribution in [2.75, 3.05) is 26.2 Å².